The van der Waals surface area contributed by atoms with Crippen LogP contribution in [0.1, 0.15) is 6.42 Å². The molecule has 0 radical (unpaired) electrons. The summed E-state index contributed by atoms with van der Waals surface area (Å²) in [5, 5.41) is 2.86. The van der Waals surface area contributed by atoms with Gasteiger partial charge in [-0.25, -0.2) is 0 Å². The van der Waals surface area contributed by atoms with E-state index >= 15 is 0 Å². The van der Waals surface area contributed by atoms with Gasteiger partial charge in [-0.05, 0) is 36.4 Å². The predicted octanol–water partition coefficient (Wildman–Crippen LogP) is 2.51. The summed E-state index contributed by atoms with van der Waals surface area (Å²) in [6, 6.07) is 15.0. The second-order valence-electron chi connectivity index (χ2n) is 6.04. The van der Waals surface area contributed by atoms with Crippen LogP contribution in [0, 0.1) is 0 Å². The van der Waals surface area contributed by atoms with Crippen molar-refractivity contribution in [2.75, 3.05) is 42.4 Å². The molecule has 0 aromatic heterocycles. The molecule has 0 atom stereocenters. The molecule has 2 amide bonds. The Morgan fingerprint density at radius 2 is 1.88 bits per heavy atom. The van der Waals surface area contributed by atoms with E-state index in [4.69, 9.17) is 4.74 Å². The highest BCUT2D eigenvalue weighted by molar-refractivity contribution is 5.99. The van der Waals surface area contributed by atoms with E-state index in [1.54, 1.807) is 4.90 Å². The fourth-order valence-electron chi connectivity index (χ4n) is 2.68. The number of anilines is 3. The van der Waals surface area contributed by atoms with Crippen LogP contribution in [0.25, 0.3) is 0 Å². The molecule has 0 unspecified atom stereocenters. The van der Waals surface area contributed by atoms with Crippen molar-refractivity contribution in [1.82, 2.24) is 0 Å². The van der Waals surface area contributed by atoms with Crippen molar-refractivity contribution in [3.63, 3.8) is 0 Å². The van der Waals surface area contributed by atoms with Crippen LogP contribution in [0.4, 0.5) is 17.1 Å². The number of amides is 2. The van der Waals surface area contributed by atoms with E-state index in [1.165, 1.54) is 0 Å². The number of hydrogen-bond acceptors (Lipinski definition) is 4. The summed E-state index contributed by atoms with van der Waals surface area (Å²) in [5.74, 6) is 0.401. The first kappa shape index (κ1) is 16.8. The highest BCUT2D eigenvalue weighted by Gasteiger charge is 2.25. The zero-order valence-electron chi connectivity index (χ0n) is 14.4. The Balaban J connectivity index is 1.60. The van der Waals surface area contributed by atoms with E-state index in [2.05, 4.69) is 5.32 Å². The van der Waals surface area contributed by atoms with Crippen molar-refractivity contribution in [3.8, 4) is 5.75 Å². The van der Waals surface area contributed by atoms with Gasteiger partial charge in [0.05, 0.1) is 5.69 Å². The molecular formula is C19H21N3O3. The Bertz CT molecular complexity index is 772. The van der Waals surface area contributed by atoms with E-state index in [0.29, 0.717) is 18.0 Å². The number of para-hydroxylation sites is 2. The third kappa shape index (κ3) is 3.91. The lowest BCUT2D eigenvalue weighted by Gasteiger charge is -2.29. The second kappa shape index (κ2) is 7.25. The maximum Gasteiger partial charge on any atom is 0.265 e. The molecule has 0 fully saturated rings. The first-order valence-corrected chi connectivity index (χ1v) is 8.14. The molecule has 3 rings (SSSR count). The highest BCUT2D eigenvalue weighted by Crippen LogP contribution is 2.31. The van der Waals surface area contributed by atoms with Gasteiger partial charge >= 0.3 is 0 Å². The second-order valence-corrected chi connectivity index (χ2v) is 6.04. The molecule has 0 bridgehead atoms. The highest BCUT2D eigenvalue weighted by atomic mass is 16.5. The largest absolute Gasteiger partial charge is 0.482 e. The summed E-state index contributed by atoms with van der Waals surface area (Å²) >= 11 is 0. The molecule has 0 aliphatic carbocycles. The molecule has 1 heterocycles. The molecule has 1 aliphatic rings. The molecule has 6 nitrogen and oxygen atoms in total. The van der Waals surface area contributed by atoms with Crippen molar-refractivity contribution in [1.29, 1.82) is 0 Å². The lowest BCUT2D eigenvalue weighted by atomic mass is 10.2. The summed E-state index contributed by atoms with van der Waals surface area (Å²) in [6.07, 6.45) is 0.218. The third-order valence-corrected chi connectivity index (χ3v) is 4.04. The number of benzene rings is 2. The molecule has 25 heavy (non-hydrogen) atoms. The molecule has 0 spiro atoms. The smallest absolute Gasteiger partial charge is 0.265 e. The number of nitrogens with zero attached hydrogens (tertiary/aromatic N) is 2. The van der Waals surface area contributed by atoms with Crippen LogP contribution in [-0.4, -0.2) is 39.1 Å². The quantitative estimate of drug-likeness (QED) is 0.909. The van der Waals surface area contributed by atoms with E-state index in [1.807, 2.05) is 67.5 Å². The van der Waals surface area contributed by atoms with E-state index in [-0.39, 0.29) is 24.8 Å². The molecule has 0 saturated carbocycles. The van der Waals surface area contributed by atoms with Crippen molar-refractivity contribution in [3.05, 3.63) is 48.5 Å². The van der Waals surface area contributed by atoms with Crippen LogP contribution in [0.5, 0.6) is 5.75 Å². The van der Waals surface area contributed by atoms with Gasteiger partial charge in [0.25, 0.3) is 5.91 Å². The number of fused-ring (bicyclic) bond motifs is 1. The Morgan fingerprint density at radius 1 is 1.16 bits per heavy atom. The van der Waals surface area contributed by atoms with Gasteiger partial charge in [-0.1, -0.05) is 12.1 Å². The SMILES string of the molecule is CN(C)c1ccc(NC(=O)CCN2C(=O)COc3ccccc32)cc1. The Labute approximate surface area is 147 Å². The molecule has 130 valence electrons. The van der Waals surface area contributed by atoms with Crippen LogP contribution in [0.3, 0.4) is 0 Å². The molecule has 1 aliphatic heterocycles. The maximum atomic E-state index is 12.2. The number of carbonyl (C=O) groups is 2. The van der Waals surface area contributed by atoms with Crippen LogP contribution >= 0.6 is 0 Å². The first-order valence-electron chi connectivity index (χ1n) is 8.14. The predicted molar refractivity (Wildman–Crippen MR) is 98.3 cm³/mol. The van der Waals surface area contributed by atoms with Crippen molar-refractivity contribution >= 4 is 28.9 Å². The number of rotatable bonds is 5. The zero-order valence-corrected chi connectivity index (χ0v) is 14.4. The van der Waals surface area contributed by atoms with Gasteiger partial charge in [-0.15, -0.1) is 0 Å². The molecule has 2 aromatic carbocycles. The lowest BCUT2D eigenvalue weighted by molar-refractivity contribution is -0.121. The standard InChI is InChI=1S/C19H21N3O3/c1-21(2)15-9-7-14(8-10-15)20-18(23)11-12-22-16-5-3-4-6-17(16)25-13-19(22)24/h3-10H,11-13H2,1-2H3,(H,20,23). The summed E-state index contributed by atoms with van der Waals surface area (Å²) < 4.78 is 5.40. The van der Waals surface area contributed by atoms with Crippen molar-refractivity contribution in [2.24, 2.45) is 0 Å². The Kier molecular flexibility index (Phi) is 4.88. The minimum atomic E-state index is -0.137. The van der Waals surface area contributed by atoms with E-state index in [9.17, 15) is 9.59 Å². The van der Waals surface area contributed by atoms with Crippen molar-refractivity contribution < 1.29 is 14.3 Å². The summed E-state index contributed by atoms with van der Waals surface area (Å²) in [5.41, 5.74) is 2.51. The van der Waals surface area contributed by atoms with Crippen LogP contribution < -0.4 is 19.9 Å². The maximum absolute atomic E-state index is 12.2. The first-order chi connectivity index (χ1) is 12.0. The Morgan fingerprint density at radius 3 is 2.60 bits per heavy atom. The molecule has 0 saturated heterocycles. The lowest BCUT2D eigenvalue weighted by Crippen LogP contribution is -2.40. The van der Waals surface area contributed by atoms with Crippen LogP contribution in [0.2, 0.25) is 0 Å². The van der Waals surface area contributed by atoms with Crippen molar-refractivity contribution in [2.45, 2.75) is 6.42 Å². The number of nitrogens with one attached hydrogen (secondary N) is 1. The minimum Gasteiger partial charge on any atom is -0.482 e. The summed E-state index contributed by atoms with van der Waals surface area (Å²) in [4.78, 5) is 27.9. The van der Waals surface area contributed by atoms with Gasteiger partial charge < -0.3 is 19.9 Å². The summed E-state index contributed by atoms with van der Waals surface area (Å²) in [6.45, 7) is 0.325. The topological polar surface area (TPSA) is 61.9 Å². The van der Waals surface area contributed by atoms with Gasteiger partial charge in [-0.2, -0.15) is 0 Å². The fourth-order valence-corrected chi connectivity index (χ4v) is 2.68. The van der Waals surface area contributed by atoms with Gasteiger partial charge in [0, 0.05) is 38.4 Å². The average molecular weight is 339 g/mol. The molecular weight excluding hydrogens is 318 g/mol. The Hall–Kier alpha value is -3.02. The molecule has 1 N–H and O–H groups in total. The number of ether oxygens (including phenoxy) is 1. The van der Waals surface area contributed by atoms with E-state index < -0.39 is 0 Å². The molecule has 6 heteroatoms. The number of carbonyl (C=O) groups excluding carboxylic acids is 2. The fraction of sp³-hybridized carbons (Fsp3) is 0.263. The van der Waals surface area contributed by atoms with Crippen LogP contribution in [-0.2, 0) is 9.59 Å². The van der Waals surface area contributed by atoms with Gasteiger partial charge in [0.2, 0.25) is 5.91 Å². The average Bonchev–Trinajstić information content (AvgIpc) is 2.61. The monoisotopic (exact) mass is 339 g/mol. The number of hydrogen-bond donors (Lipinski definition) is 1. The van der Waals surface area contributed by atoms with Gasteiger partial charge in [0.1, 0.15) is 5.75 Å². The van der Waals surface area contributed by atoms with Gasteiger partial charge in [0.15, 0.2) is 6.61 Å². The van der Waals surface area contributed by atoms with Gasteiger partial charge in [-0.3, -0.25) is 9.59 Å². The normalized spacial score (nSPS) is 13.0. The summed E-state index contributed by atoms with van der Waals surface area (Å²) in [7, 11) is 3.93. The van der Waals surface area contributed by atoms with Crippen LogP contribution in [0.15, 0.2) is 48.5 Å². The molecule has 2 aromatic rings. The zero-order chi connectivity index (χ0) is 17.8. The minimum absolute atomic E-state index is 0.00459. The third-order valence-electron chi connectivity index (χ3n) is 4.04. The van der Waals surface area contributed by atoms with E-state index in [0.717, 1.165) is 11.4 Å².